The van der Waals surface area contributed by atoms with E-state index in [0.29, 0.717) is 16.4 Å². The number of carbonyl (C=O) groups excluding carboxylic acids is 2. The first-order valence-electron chi connectivity index (χ1n) is 7.07. The number of hydrogen-bond donors (Lipinski definition) is 0. The van der Waals surface area contributed by atoms with E-state index in [4.69, 9.17) is 4.74 Å². The minimum Gasteiger partial charge on any atom is -0.466 e. The number of halogens is 1. The molecule has 1 aromatic rings. The highest BCUT2D eigenvalue weighted by Gasteiger charge is 2.46. The maximum absolute atomic E-state index is 12.6. The largest absolute Gasteiger partial charge is 0.466 e. The molecule has 0 N–H and O–H groups in total. The molecule has 5 nitrogen and oxygen atoms in total. The molecule has 3 rings (SSSR count). The van der Waals surface area contributed by atoms with Gasteiger partial charge in [0.1, 0.15) is 0 Å². The van der Waals surface area contributed by atoms with E-state index in [0.717, 1.165) is 10.0 Å². The van der Waals surface area contributed by atoms with Crippen LogP contribution in [0, 0.1) is 0 Å². The van der Waals surface area contributed by atoms with Gasteiger partial charge in [0.05, 0.1) is 29.7 Å². The number of thioether (sulfide) groups is 1. The van der Waals surface area contributed by atoms with Crippen molar-refractivity contribution in [2.45, 2.75) is 25.1 Å². The molecule has 0 aliphatic carbocycles. The van der Waals surface area contributed by atoms with Crippen molar-refractivity contribution in [2.75, 3.05) is 7.11 Å². The SMILES string of the molecule is COC(=O)C1=C(C)N=C2S[C@@H](C)C(=O)N2[C@H]1c1ccc(Br)cc1. The normalized spacial score (nSPS) is 23.7. The van der Waals surface area contributed by atoms with Crippen molar-refractivity contribution in [2.24, 2.45) is 4.99 Å². The van der Waals surface area contributed by atoms with Crippen molar-refractivity contribution in [3.05, 3.63) is 45.6 Å². The van der Waals surface area contributed by atoms with Crippen molar-refractivity contribution < 1.29 is 14.3 Å². The molecule has 2 heterocycles. The first-order valence-corrected chi connectivity index (χ1v) is 8.74. The standard InChI is InChI=1S/C16H15BrN2O3S/c1-8-12(15(21)22-3)13(10-4-6-11(17)7-5-10)19-14(20)9(2)23-16(19)18-8/h4-7,9,13H,1-3H3/t9-,13-/m0/s1. The highest BCUT2D eigenvalue weighted by Crippen LogP contribution is 2.43. The van der Waals surface area contributed by atoms with Crippen LogP contribution in [0.15, 0.2) is 45.0 Å². The zero-order valence-corrected chi connectivity index (χ0v) is 15.3. The van der Waals surface area contributed by atoms with Crippen LogP contribution in [0.5, 0.6) is 0 Å². The van der Waals surface area contributed by atoms with Gasteiger partial charge in [-0.15, -0.1) is 0 Å². The van der Waals surface area contributed by atoms with Gasteiger partial charge in [0, 0.05) is 4.47 Å². The predicted molar refractivity (Wildman–Crippen MR) is 92.9 cm³/mol. The molecule has 2 atom stereocenters. The Morgan fingerprint density at radius 2 is 2.00 bits per heavy atom. The van der Waals surface area contributed by atoms with Crippen molar-refractivity contribution in [3.8, 4) is 0 Å². The van der Waals surface area contributed by atoms with Gasteiger partial charge in [0.2, 0.25) is 5.91 Å². The topological polar surface area (TPSA) is 59.0 Å². The van der Waals surface area contributed by atoms with Gasteiger partial charge in [0.25, 0.3) is 0 Å². The number of amidine groups is 1. The lowest BCUT2D eigenvalue weighted by Crippen LogP contribution is -2.40. The second kappa shape index (κ2) is 6.13. The van der Waals surface area contributed by atoms with E-state index in [-0.39, 0.29) is 11.2 Å². The third-order valence-electron chi connectivity index (χ3n) is 3.85. The molecular weight excluding hydrogens is 380 g/mol. The first kappa shape index (κ1) is 16.3. The Kier molecular flexibility index (Phi) is 4.33. The molecule has 0 aromatic heterocycles. The van der Waals surface area contributed by atoms with Crippen LogP contribution in [0.25, 0.3) is 0 Å². The van der Waals surface area contributed by atoms with E-state index in [2.05, 4.69) is 20.9 Å². The molecule has 1 saturated heterocycles. The maximum atomic E-state index is 12.6. The second-order valence-electron chi connectivity index (χ2n) is 5.31. The number of nitrogens with zero attached hydrogens (tertiary/aromatic N) is 2. The molecule has 120 valence electrons. The Bertz CT molecular complexity index is 742. The third kappa shape index (κ3) is 2.72. The molecule has 0 unspecified atom stereocenters. The van der Waals surface area contributed by atoms with Crippen molar-refractivity contribution in [3.63, 3.8) is 0 Å². The van der Waals surface area contributed by atoms with Crippen LogP contribution in [0.4, 0.5) is 0 Å². The quantitative estimate of drug-likeness (QED) is 0.722. The summed E-state index contributed by atoms with van der Waals surface area (Å²) >= 11 is 4.82. The lowest BCUT2D eigenvalue weighted by molar-refractivity contribution is -0.137. The zero-order chi connectivity index (χ0) is 16.7. The molecule has 7 heteroatoms. The highest BCUT2D eigenvalue weighted by atomic mass is 79.9. The number of benzene rings is 1. The van der Waals surface area contributed by atoms with Crippen molar-refractivity contribution in [1.82, 2.24) is 4.90 Å². The van der Waals surface area contributed by atoms with Crippen LogP contribution in [-0.2, 0) is 14.3 Å². The minimum absolute atomic E-state index is 0.0458. The Balaban J connectivity index is 2.17. The molecule has 1 aromatic carbocycles. The molecule has 2 aliphatic rings. The summed E-state index contributed by atoms with van der Waals surface area (Å²) in [6.07, 6.45) is 0. The number of fused-ring (bicyclic) bond motifs is 1. The molecule has 0 radical (unpaired) electrons. The molecule has 1 amide bonds. The van der Waals surface area contributed by atoms with Gasteiger partial charge in [-0.3, -0.25) is 9.69 Å². The van der Waals surface area contributed by atoms with Gasteiger partial charge >= 0.3 is 5.97 Å². The number of aliphatic imine (C=N–C) groups is 1. The van der Waals surface area contributed by atoms with Crippen molar-refractivity contribution >= 4 is 44.7 Å². The summed E-state index contributed by atoms with van der Waals surface area (Å²) in [7, 11) is 1.34. The molecule has 0 spiro atoms. The van der Waals surface area contributed by atoms with Gasteiger partial charge in [-0.1, -0.05) is 39.8 Å². The lowest BCUT2D eigenvalue weighted by atomic mass is 9.94. The number of allylic oxidation sites excluding steroid dienone is 1. The summed E-state index contributed by atoms with van der Waals surface area (Å²) in [6.45, 7) is 3.62. The van der Waals surface area contributed by atoms with E-state index < -0.39 is 12.0 Å². The molecule has 2 aliphatic heterocycles. The average Bonchev–Trinajstić information content (AvgIpc) is 2.80. The molecule has 1 fully saturated rings. The van der Waals surface area contributed by atoms with Crippen LogP contribution < -0.4 is 0 Å². The Morgan fingerprint density at radius 3 is 2.61 bits per heavy atom. The smallest absolute Gasteiger partial charge is 0.338 e. The summed E-state index contributed by atoms with van der Waals surface area (Å²) in [5.74, 6) is -0.508. The molecule has 0 bridgehead atoms. The van der Waals surface area contributed by atoms with Gasteiger partial charge in [-0.2, -0.15) is 0 Å². The average molecular weight is 395 g/mol. The fraction of sp³-hybridized carbons (Fsp3) is 0.312. The third-order valence-corrected chi connectivity index (χ3v) is 5.43. The van der Waals surface area contributed by atoms with Crippen LogP contribution in [0.3, 0.4) is 0 Å². The van der Waals surface area contributed by atoms with Crippen LogP contribution >= 0.6 is 27.7 Å². The highest BCUT2D eigenvalue weighted by molar-refractivity contribution is 9.10. The van der Waals surface area contributed by atoms with Crippen LogP contribution in [-0.4, -0.2) is 34.3 Å². The minimum atomic E-state index is -0.506. The monoisotopic (exact) mass is 394 g/mol. The van der Waals surface area contributed by atoms with E-state index >= 15 is 0 Å². The summed E-state index contributed by atoms with van der Waals surface area (Å²) < 4.78 is 5.86. The number of hydrogen-bond acceptors (Lipinski definition) is 5. The Morgan fingerprint density at radius 1 is 1.35 bits per heavy atom. The Labute approximate surface area is 146 Å². The van der Waals surface area contributed by atoms with Gasteiger partial charge < -0.3 is 4.74 Å². The number of rotatable bonds is 2. The Hall–Kier alpha value is -1.60. The zero-order valence-electron chi connectivity index (χ0n) is 12.9. The van der Waals surface area contributed by atoms with E-state index in [1.807, 2.05) is 31.2 Å². The number of methoxy groups -OCH3 is 1. The van der Waals surface area contributed by atoms with Crippen LogP contribution in [0.1, 0.15) is 25.5 Å². The molecular formula is C16H15BrN2O3S. The molecule has 23 heavy (non-hydrogen) atoms. The first-order chi connectivity index (χ1) is 10.9. The van der Waals surface area contributed by atoms with Gasteiger partial charge in [-0.25, -0.2) is 9.79 Å². The van der Waals surface area contributed by atoms with E-state index in [9.17, 15) is 9.59 Å². The number of ether oxygens (including phenoxy) is 1. The maximum Gasteiger partial charge on any atom is 0.338 e. The van der Waals surface area contributed by atoms with E-state index in [1.54, 1.807) is 11.8 Å². The number of amides is 1. The summed E-state index contributed by atoms with van der Waals surface area (Å²) in [6, 6.07) is 7.07. The van der Waals surface area contributed by atoms with Gasteiger partial charge in [-0.05, 0) is 31.5 Å². The predicted octanol–water partition coefficient (Wildman–Crippen LogP) is 3.27. The summed E-state index contributed by atoms with van der Waals surface area (Å²) in [5.41, 5.74) is 1.84. The number of carbonyl (C=O) groups is 2. The molecule has 0 saturated carbocycles. The summed E-state index contributed by atoms with van der Waals surface area (Å²) in [5, 5.41) is 0.428. The van der Waals surface area contributed by atoms with Crippen molar-refractivity contribution in [1.29, 1.82) is 0 Å². The summed E-state index contributed by atoms with van der Waals surface area (Å²) in [4.78, 5) is 30.9. The second-order valence-corrected chi connectivity index (χ2v) is 7.53. The van der Waals surface area contributed by atoms with Gasteiger partial charge in [0.15, 0.2) is 5.17 Å². The lowest BCUT2D eigenvalue weighted by Gasteiger charge is -2.32. The number of esters is 1. The fourth-order valence-electron chi connectivity index (χ4n) is 2.73. The van der Waals surface area contributed by atoms with Crippen LogP contribution in [0.2, 0.25) is 0 Å². The van der Waals surface area contributed by atoms with E-state index in [1.165, 1.54) is 18.9 Å². The fourth-order valence-corrected chi connectivity index (χ4v) is 4.03.